The third-order valence-corrected chi connectivity index (χ3v) is 2.86. The van der Waals surface area contributed by atoms with Crippen LogP contribution in [0.1, 0.15) is 25.8 Å². The van der Waals surface area contributed by atoms with Gasteiger partial charge in [0.1, 0.15) is 0 Å². The summed E-state index contributed by atoms with van der Waals surface area (Å²) in [6.45, 7) is 4.12. The molecule has 0 bridgehead atoms. The molecule has 0 aliphatic carbocycles. The molecular weight excluding hydrogens is 202 g/mol. The van der Waals surface area contributed by atoms with Crippen molar-refractivity contribution in [3.63, 3.8) is 0 Å². The highest BCUT2D eigenvalue weighted by Crippen LogP contribution is 2.21. The number of aliphatic carboxylic acids is 1. The van der Waals surface area contributed by atoms with E-state index in [9.17, 15) is 4.79 Å². The quantitative estimate of drug-likeness (QED) is 0.751. The summed E-state index contributed by atoms with van der Waals surface area (Å²) in [5.41, 5.74) is 7.49. The van der Waals surface area contributed by atoms with E-state index in [1.807, 2.05) is 24.3 Å². The molecule has 3 heteroatoms. The molecule has 0 saturated carbocycles. The van der Waals surface area contributed by atoms with Gasteiger partial charge in [0.25, 0.3) is 0 Å². The van der Waals surface area contributed by atoms with Gasteiger partial charge < -0.3 is 10.8 Å². The molecule has 0 saturated heterocycles. The van der Waals surface area contributed by atoms with Gasteiger partial charge in [-0.1, -0.05) is 26.0 Å². The highest BCUT2D eigenvalue weighted by molar-refractivity contribution is 5.67. The zero-order chi connectivity index (χ0) is 12.1. The number of rotatable bonds is 5. The van der Waals surface area contributed by atoms with Crippen molar-refractivity contribution in [2.75, 3.05) is 5.73 Å². The predicted molar refractivity (Wildman–Crippen MR) is 65.1 cm³/mol. The summed E-state index contributed by atoms with van der Waals surface area (Å²) < 4.78 is 0. The molecule has 88 valence electrons. The standard InChI is InChI=1S/C13H19NO2/c1-9(2)11(8-13(15)16)7-10-3-5-12(14)6-4-10/h3-6,9,11H,7-8,14H2,1-2H3,(H,15,16)/t11-/m0/s1. The summed E-state index contributed by atoms with van der Waals surface area (Å²) in [5.74, 6) is -0.177. The first-order valence-electron chi connectivity index (χ1n) is 5.55. The van der Waals surface area contributed by atoms with Gasteiger partial charge in [-0.05, 0) is 36.0 Å². The number of nitrogen functional groups attached to an aromatic ring is 1. The van der Waals surface area contributed by atoms with E-state index in [0.29, 0.717) is 5.92 Å². The van der Waals surface area contributed by atoms with E-state index in [-0.39, 0.29) is 12.3 Å². The smallest absolute Gasteiger partial charge is 0.303 e. The van der Waals surface area contributed by atoms with Crippen LogP contribution in [0.3, 0.4) is 0 Å². The van der Waals surface area contributed by atoms with Crippen LogP contribution < -0.4 is 5.73 Å². The minimum Gasteiger partial charge on any atom is -0.481 e. The number of carboxylic acid groups (broad SMARTS) is 1. The summed E-state index contributed by atoms with van der Waals surface area (Å²) in [6.07, 6.45) is 1.02. The molecule has 0 heterocycles. The van der Waals surface area contributed by atoms with Gasteiger partial charge in [0.05, 0.1) is 0 Å². The molecule has 0 aromatic heterocycles. The normalized spacial score (nSPS) is 12.7. The van der Waals surface area contributed by atoms with Crippen LogP contribution in [-0.2, 0) is 11.2 Å². The fourth-order valence-corrected chi connectivity index (χ4v) is 1.72. The lowest BCUT2D eigenvalue weighted by atomic mass is 9.86. The zero-order valence-electron chi connectivity index (χ0n) is 9.81. The molecule has 0 fully saturated rings. The van der Waals surface area contributed by atoms with E-state index >= 15 is 0 Å². The molecule has 16 heavy (non-hydrogen) atoms. The van der Waals surface area contributed by atoms with Crippen LogP contribution in [0.5, 0.6) is 0 Å². The molecule has 1 rings (SSSR count). The minimum absolute atomic E-state index is 0.182. The molecule has 0 spiro atoms. The lowest BCUT2D eigenvalue weighted by Crippen LogP contribution is -2.16. The van der Waals surface area contributed by atoms with Gasteiger partial charge in [0.2, 0.25) is 0 Å². The number of carbonyl (C=O) groups is 1. The van der Waals surface area contributed by atoms with Crippen molar-refractivity contribution in [2.24, 2.45) is 11.8 Å². The number of nitrogens with two attached hydrogens (primary N) is 1. The Morgan fingerprint density at radius 3 is 2.31 bits per heavy atom. The van der Waals surface area contributed by atoms with E-state index < -0.39 is 5.97 Å². The Kier molecular flexibility index (Phi) is 4.35. The van der Waals surface area contributed by atoms with Crippen molar-refractivity contribution in [2.45, 2.75) is 26.7 Å². The Hall–Kier alpha value is -1.51. The molecule has 1 aromatic rings. The summed E-state index contributed by atoms with van der Waals surface area (Å²) in [5, 5.41) is 8.83. The predicted octanol–water partition coefficient (Wildman–Crippen LogP) is 2.56. The largest absolute Gasteiger partial charge is 0.481 e. The number of benzene rings is 1. The lowest BCUT2D eigenvalue weighted by Gasteiger charge is -2.18. The first kappa shape index (κ1) is 12.6. The Morgan fingerprint density at radius 2 is 1.88 bits per heavy atom. The molecule has 0 amide bonds. The van der Waals surface area contributed by atoms with Gasteiger partial charge in [-0.2, -0.15) is 0 Å². The Morgan fingerprint density at radius 1 is 1.31 bits per heavy atom. The van der Waals surface area contributed by atoms with E-state index in [4.69, 9.17) is 10.8 Å². The second-order valence-electron chi connectivity index (χ2n) is 4.55. The Bertz CT molecular complexity index is 343. The topological polar surface area (TPSA) is 63.3 Å². The van der Waals surface area contributed by atoms with Crippen LogP contribution in [0.25, 0.3) is 0 Å². The first-order valence-corrected chi connectivity index (χ1v) is 5.55. The molecule has 3 nitrogen and oxygen atoms in total. The van der Waals surface area contributed by atoms with Gasteiger partial charge in [-0.25, -0.2) is 0 Å². The van der Waals surface area contributed by atoms with Crippen LogP contribution in [0.4, 0.5) is 5.69 Å². The van der Waals surface area contributed by atoms with Crippen molar-refractivity contribution in [1.29, 1.82) is 0 Å². The van der Waals surface area contributed by atoms with E-state index in [1.165, 1.54) is 0 Å². The summed E-state index contributed by atoms with van der Waals surface area (Å²) in [6, 6.07) is 7.64. The first-order chi connectivity index (χ1) is 7.49. The maximum Gasteiger partial charge on any atom is 0.303 e. The fraction of sp³-hybridized carbons (Fsp3) is 0.462. The number of anilines is 1. The SMILES string of the molecule is CC(C)[C@H](CC(=O)O)Cc1ccc(N)cc1. The average Bonchev–Trinajstić information content (AvgIpc) is 2.19. The maximum atomic E-state index is 10.7. The average molecular weight is 221 g/mol. The molecule has 3 N–H and O–H groups in total. The van der Waals surface area contributed by atoms with Crippen molar-refractivity contribution < 1.29 is 9.90 Å². The van der Waals surface area contributed by atoms with Gasteiger partial charge >= 0.3 is 5.97 Å². The van der Waals surface area contributed by atoms with E-state index in [2.05, 4.69) is 13.8 Å². The monoisotopic (exact) mass is 221 g/mol. The van der Waals surface area contributed by atoms with E-state index in [0.717, 1.165) is 17.7 Å². The molecule has 0 aliphatic rings. The highest BCUT2D eigenvalue weighted by atomic mass is 16.4. The van der Waals surface area contributed by atoms with Crippen molar-refractivity contribution in [3.05, 3.63) is 29.8 Å². The van der Waals surface area contributed by atoms with Gasteiger partial charge in [-0.3, -0.25) is 4.79 Å². The Labute approximate surface area is 96.3 Å². The molecule has 0 radical (unpaired) electrons. The molecule has 1 aromatic carbocycles. The minimum atomic E-state index is -0.728. The van der Waals surface area contributed by atoms with Crippen molar-refractivity contribution in [3.8, 4) is 0 Å². The number of carboxylic acids is 1. The van der Waals surface area contributed by atoms with Crippen LogP contribution in [-0.4, -0.2) is 11.1 Å². The third-order valence-electron chi connectivity index (χ3n) is 2.86. The molecular formula is C13H19NO2. The summed E-state index contributed by atoms with van der Waals surface area (Å²) in [7, 11) is 0. The van der Waals surface area contributed by atoms with Gasteiger partial charge in [0.15, 0.2) is 0 Å². The van der Waals surface area contributed by atoms with Crippen molar-refractivity contribution in [1.82, 2.24) is 0 Å². The summed E-state index contributed by atoms with van der Waals surface area (Å²) >= 11 is 0. The van der Waals surface area contributed by atoms with Crippen molar-refractivity contribution >= 4 is 11.7 Å². The van der Waals surface area contributed by atoms with Crippen LogP contribution in [0, 0.1) is 11.8 Å². The van der Waals surface area contributed by atoms with Crippen LogP contribution >= 0.6 is 0 Å². The highest BCUT2D eigenvalue weighted by Gasteiger charge is 2.17. The van der Waals surface area contributed by atoms with Gasteiger partial charge in [0, 0.05) is 12.1 Å². The second-order valence-corrected chi connectivity index (χ2v) is 4.55. The van der Waals surface area contributed by atoms with Crippen LogP contribution in [0.2, 0.25) is 0 Å². The lowest BCUT2D eigenvalue weighted by molar-refractivity contribution is -0.138. The summed E-state index contributed by atoms with van der Waals surface area (Å²) in [4.78, 5) is 10.7. The Balaban J connectivity index is 2.67. The van der Waals surface area contributed by atoms with Gasteiger partial charge in [-0.15, -0.1) is 0 Å². The van der Waals surface area contributed by atoms with E-state index in [1.54, 1.807) is 0 Å². The molecule has 1 atom stereocenters. The molecule has 0 aliphatic heterocycles. The fourth-order valence-electron chi connectivity index (χ4n) is 1.72. The number of hydrogen-bond donors (Lipinski definition) is 2. The molecule has 0 unspecified atom stereocenters. The second kappa shape index (κ2) is 5.54. The number of hydrogen-bond acceptors (Lipinski definition) is 2. The zero-order valence-corrected chi connectivity index (χ0v) is 9.81. The maximum absolute atomic E-state index is 10.7. The van der Waals surface area contributed by atoms with Crippen LogP contribution in [0.15, 0.2) is 24.3 Å². The third kappa shape index (κ3) is 3.93.